The summed E-state index contributed by atoms with van der Waals surface area (Å²) in [7, 11) is 1.61. The predicted molar refractivity (Wildman–Crippen MR) is 101 cm³/mol. The number of para-hydroxylation sites is 1. The fraction of sp³-hybridized carbons (Fsp3) is 0.0556. The largest absolute Gasteiger partial charge is 0.497 e. The minimum atomic E-state index is -0.316. The first-order chi connectivity index (χ1) is 12.2. The van der Waals surface area contributed by atoms with E-state index in [9.17, 15) is 4.79 Å². The number of hydrogen-bond acceptors (Lipinski definition) is 5. The topological polar surface area (TPSA) is 64.1 Å². The van der Waals surface area contributed by atoms with Crippen LogP contribution in [0.2, 0.25) is 0 Å². The fourth-order valence-electron chi connectivity index (χ4n) is 2.03. The molecule has 1 N–H and O–H groups in total. The van der Waals surface area contributed by atoms with Gasteiger partial charge in [-0.05, 0) is 35.9 Å². The van der Waals surface area contributed by atoms with Crippen LogP contribution in [0.25, 0.3) is 11.1 Å². The lowest BCUT2D eigenvalue weighted by Gasteiger charge is -2.01. The second-order valence-corrected chi connectivity index (χ2v) is 6.38. The standard InChI is InChI=1S/C18H14ClN3O2S/c1-24-14-9-7-12(8-10-14)11-15(19)17-21-22-18(25-17)16(23)20-13-5-3-2-4-6-13/h2-11H,1H3,(H,20,23)/b15-11-. The van der Waals surface area contributed by atoms with Crippen LogP contribution in [0.5, 0.6) is 5.75 Å². The Hall–Kier alpha value is -2.70. The van der Waals surface area contributed by atoms with E-state index in [1.54, 1.807) is 25.3 Å². The Morgan fingerprint density at radius 2 is 1.76 bits per heavy atom. The van der Waals surface area contributed by atoms with E-state index in [-0.39, 0.29) is 10.9 Å². The minimum Gasteiger partial charge on any atom is -0.497 e. The normalized spacial score (nSPS) is 11.2. The Labute approximate surface area is 153 Å². The summed E-state index contributed by atoms with van der Waals surface area (Å²) in [6, 6.07) is 16.6. The lowest BCUT2D eigenvalue weighted by atomic mass is 10.2. The number of ether oxygens (including phenoxy) is 1. The summed E-state index contributed by atoms with van der Waals surface area (Å²) < 4.78 is 5.12. The van der Waals surface area contributed by atoms with Crippen molar-refractivity contribution in [1.82, 2.24) is 10.2 Å². The smallest absolute Gasteiger partial charge is 0.286 e. The molecule has 1 aromatic heterocycles. The molecular weight excluding hydrogens is 358 g/mol. The monoisotopic (exact) mass is 371 g/mol. The molecule has 3 aromatic rings. The summed E-state index contributed by atoms with van der Waals surface area (Å²) in [4.78, 5) is 12.2. The Bertz CT molecular complexity index is 892. The SMILES string of the molecule is COc1ccc(/C=C(\Cl)c2nnc(C(=O)Nc3ccccc3)s2)cc1. The van der Waals surface area contributed by atoms with Crippen molar-refractivity contribution in [3.05, 3.63) is 70.2 Å². The molecule has 5 nitrogen and oxygen atoms in total. The van der Waals surface area contributed by atoms with Gasteiger partial charge in [0.2, 0.25) is 5.01 Å². The summed E-state index contributed by atoms with van der Waals surface area (Å²) in [5.41, 5.74) is 1.60. The highest BCUT2D eigenvalue weighted by molar-refractivity contribution is 7.15. The number of carbonyl (C=O) groups excluding carboxylic acids is 1. The molecule has 25 heavy (non-hydrogen) atoms. The second kappa shape index (κ2) is 7.92. The Morgan fingerprint density at radius 1 is 1.08 bits per heavy atom. The maximum Gasteiger partial charge on any atom is 0.286 e. The first kappa shape index (κ1) is 17.1. The second-order valence-electron chi connectivity index (χ2n) is 5.00. The zero-order valence-electron chi connectivity index (χ0n) is 13.3. The van der Waals surface area contributed by atoms with E-state index in [1.807, 2.05) is 42.5 Å². The highest BCUT2D eigenvalue weighted by Gasteiger charge is 2.14. The summed E-state index contributed by atoms with van der Waals surface area (Å²) in [5.74, 6) is 0.452. The molecule has 0 aliphatic heterocycles. The van der Waals surface area contributed by atoms with Crippen LogP contribution < -0.4 is 10.1 Å². The molecule has 7 heteroatoms. The van der Waals surface area contributed by atoms with Gasteiger partial charge in [0.25, 0.3) is 5.91 Å². The molecule has 126 valence electrons. The van der Waals surface area contributed by atoms with Gasteiger partial charge in [-0.1, -0.05) is 53.3 Å². The van der Waals surface area contributed by atoms with Gasteiger partial charge in [0.05, 0.1) is 12.1 Å². The maximum absolute atomic E-state index is 12.2. The Kier molecular flexibility index (Phi) is 5.42. The van der Waals surface area contributed by atoms with Gasteiger partial charge in [-0.15, -0.1) is 10.2 Å². The number of nitrogens with zero attached hydrogens (tertiary/aromatic N) is 2. The average Bonchev–Trinajstić information content (AvgIpc) is 3.14. The van der Waals surface area contributed by atoms with E-state index >= 15 is 0 Å². The molecule has 0 fully saturated rings. The van der Waals surface area contributed by atoms with Gasteiger partial charge >= 0.3 is 0 Å². The average molecular weight is 372 g/mol. The van der Waals surface area contributed by atoms with Gasteiger partial charge in [0, 0.05) is 5.69 Å². The van der Waals surface area contributed by atoms with E-state index < -0.39 is 0 Å². The number of hydrogen-bond donors (Lipinski definition) is 1. The quantitative estimate of drug-likeness (QED) is 0.715. The molecule has 2 aromatic carbocycles. The number of nitrogens with one attached hydrogen (secondary N) is 1. The van der Waals surface area contributed by atoms with Crippen molar-refractivity contribution in [2.75, 3.05) is 12.4 Å². The van der Waals surface area contributed by atoms with Gasteiger partial charge in [0.15, 0.2) is 5.01 Å². The number of anilines is 1. The number of halogens is 1. The van der Waals surface area contributed by atoms with Crippen LogP contribution in [-0.2, 0) is 0 Å². The van der Waals surface area contributed by atoms with Crippen molar-refractivity contribution in [3.8, 4) is 5.75 Å². The summed E-state index contributed by atoms with van der Waals surface area (Å²) >= 11 is 7.43. The van der Waals surface area contributed by atoms with Crippen molar-refractivity contribution >= 4 is 45.6 Å². The van der Waals surface area contributed by atoms with Crippen LogP contribution in [0.4, 0.5) is 5.69 Å². The predicted octanol–water partition coefficient (Wildman–Crippen LogP) is 4.54. The van der Waals surface area contributed by atoms with Crippen LogP contribution in [-0.4, -0.2) is 23.2 Å². The van der Waals surface area contributed by atoms with Gasteiger partial charge in [-0.2, -0.15) is 0 Å². The fourth-order valence-corrected chi connectivity index (χ4v) is 2.95. The molecule has 0 spiro atoms. The van der Waals surface area contributed by atoms with Crippen molar-refractivity contribution in [3.63, 3.8) is 0 Å². The first-order valence-corrected chi connectivity index (χ1v) is 8.56. The highest BCUT2D eigenvalue weighted by atomic mass is 35.5. The van der Waals surface area contributed by atoms with Crippen LogP contribution in [0.15, 0.2) is 54.6 Å². The summed E-state index contributed by atoms with van der Waals surface area (Å²) in [6.45, 7) is 0. The van der Waals surface area contributed by atoms with E-state index in [0.29, 0.717) is 15.7 Å². The lowest BCUT2D eigenvalue weighted by molar-refractivity contribution is 0.102. The first-order valence-electron chi connectivity index (χ1n) is 7.37. The Balaban J connectivity index is 1.73. The van der Waals surface area contributed by atoms with Crippen molar-refractivity contribution in [2.24, 2.45) is 0 Å². The van der Waals surface area contributed by atoms with Gasteiger partial charge in [-0.25, -0.2) is 0 Å². The zero-order valence-corrected chi connectivity index (χ0v) is 14.8. The van der Waals surface area contributed by atoms with E-state index in [1.165, 1.54) is 0 Å². The molecule has 3 rings (SSSR count). The molecule has 1 amide bonds. The van der Waals surface area contributed by atoms with E-state index in [2.05, 4.69) is 15.5 Å². The summed E-state index contributed by atoms with van der Waals surface area (Å²) in [5, 5.41) is 11.8. The molecule has 0 unspecified atom stereocenters. The number of benzene rings is 2. The highest BCUT2D eigenvalue weighted by Crippen LogP contribution is 2.26. The molecule has 0 bridgehead atoms. The zero-order chi connectivity index (χ0) is 17.6. The van der Waals surface area contributed by atoms with Crippen molar-refractivity contribution < 1.29 is 9.53 Å². The van der Waals surface area contributed by atoms with Crippen LogP contribution in [0, 0.1) is 0 Å². The number of amides is 1. The van der Waals surface area contributed by atoms with Crippen LogP contribution in [0.1, 0.15) is 20.4 Å². The van der Waals surface area contributed by atoms with Crippen molar-refractivity contribution in [1.29, 1.82) is 0 Å². The minimum absolute atomic E-state index is 0.250. The number of methoxy groups -OCH3 is 1. The molecule has 0 radical (unpaired) electrons. The van der Waals surface area contributed by atoms with Gasteiger partial charge in [-0.3, -0.25) is 4.79 Å². The molecule has 0 saturated heterocycles. The third-order valence-electron chi connectivity index (χ3n) is 3.26. The molecule has 0 aliphatic rings. The van der Waals surface area contributed by atoms with E-state index in [0.717, 1.165) is 22.6 Å². The van der Waals surface area contributed by atoms with Crippen LogP contribution >= 0.6 is 22.9 Å². The number of aromatic nitrogens is 2. The lowest BCUT2D eigenvalue weighted by Crippen LogP contribution is -2.11. The number of rotatable bonds is 5. The van der Waals surface area contributed by atoms with Gasteiger partial charge < -0.3 is 10.1 Å². The molecule has 0 saturated carbocycles. The molecule has 0 aliphatic carbocycles. The van der Waals surface area contributed by atoms with E-state index in [4.69, 9.17) is 16.3 Å². The molecule has 1 heterocycles. The summed E-state index contributed by atoms with van der Waals surface area (Å²) in [6.07, 6.45) is 1.76. The maximum atomic E-state index is 12.2. The van der Waals surface area contributed by atoms with Gasteiger partial charge in [0.1, 0.15) is 5.75 Å². The molecular formula is C18H14ClN3O2S. The third-order valence-corrected chi connectivity index (χ3v) is 4.62. The Morgan fingerprint density at radius 3 is 2.44 bits per heavy atom. The van der Waals surface area contributed by atoms with Crippen molar-refractivity contribution in [2.45, 2.75) is 0 Å². The molecule has 0 atom stereocenters. The number of carbonyl (C=O) groups is 1. The third kappa shape index (κ3) is 4.43. The van der Waals surface area contributed by atoms with Crippen LogP contribution in [0.3, 0.4) is 0 Å².